The second-order valence-corrected chi connectivity index (χ2v) is 6.66. The summed E-state index contributed by atoms with van der Waals surface area (Å²) in [5.74, 6) is 0.894. The van der Waals surface area contributed by atoms with E-state index in [2.05, 4.69) is 55.7 Å². The average Bonchev–Trinajstić information content (AvgIpc) is 2.32. The van der Waals surface area contributed by atoms with Crippen LogP contribution in [0.15, 0.2) is 27.1 Å². The zero-order chi connectivity index (χ0) is 14.9. The second kappa shape index (κ2) is 6.18. The summed E-state index contributed by atoms with van der Waals surface area (Å²) in [5, 5.41) is 0. The molecule has 0 atom stereocenters. The highest BCUT2D eigenvalue weighted by Gasteiger charge is 2.13. The smallest absolute Gasteiger partial charge is 0.161 e. The molecule has 0 bridgehead atoms. The fourth-order valence-corrected chi connectivity index (χ4v) is 2.65. The van der Waals surface area contributed by atoms with Crippen LogP contribution in [0, 0.1) is 11.7 Å². The summed E-state index contributed by atoms with van der Waals surface area (Å²) < 4.78 is 14.8. The first kappa shape index (κ1) is 15.4. The first-order valence-electron chi connectivity index (χ1n) is 6.15. The Bertz CT molecular complexity index is 624. The normalized spacial score (nSPS) is 11.1. The van der Waals surface area contributed by atoms with Gasteiger partial charge in [-0.1, -0.05) is 29.8 Å². The fraction of sp³-hybridized carbons (Fsp3) is 0.286. The number of hydrogen-bond acceptors (Lipinski definition) is 3. The van der Waals surface area contributed by atoms with Crippen LogP contribution in [-0.2, 0) is 6.42 Å². The van der Waals surface area contributed by atoms with Crippen molar-refractivity contribution >= 4 is 37.7 Å². The Hall–Kier alpha value is -1.01. The van der Waals surface area contributed by atoms with Crippen molar-refractivity contribution in [2.45, 2.75) is 20.3 Å². The number of hydrogen-bond donors (Lipinski definition) is 1. The third-order valence-corrected chi connectivity index (χ3v) is 3.99. The van der Waals surface area contributed by atoms with Gasteiger partial charge in [0.1, 0.15) is 11.6 Å². The standard InChI is InChI=1S/C14H14Br2FN3/c1-7(2)3-11-12(16)13(18)20-14(19-11)8-4-9(15)6-10(17)5-8/h4-7H,3H2,1-2H3,(H2,18,19,20). The van der Waals surface area contributed by atoms with Crippen molar-refractivity contribution in [1.82, 2.24) is 9.97 Å². The Morgan fingerprint density at radius 3 is 2.50 bits per heavy atom. The van der Waals surface area contributed by atoms with Gasteiger partial charge in [-0.25, -0.2) is 14.4 Å². The van der Waals surface area contributed by atoms with Crippen molar-refractivity contribution < 1.29 is 4.39 Å². The van der Waals surface area contributed by atoms with Gasteiger partial charge >= 0.3 is 0 Å². The van der Waals surface area contributed by atoms with E-state index >= 15 is 0 Å². The molecule has 1 aromatic carbocycles. The summed E-state index contributed by atoms with van der Waals surface area (Å²) in [6.07, 6.45) is 0.775. The number of anilines is 1. The van der Waals surface area contributed by atoms with Crippen molar-refractivity contribution in [2.75, 3.05) is 5.73 Å². The lowest BCUT2D eigenvalue weighted by Gasteiger charge is -2.11. The maximum absolute atomic E-state index is 13.5. The Balaban J connectivity index is 2.54. The van der Waals surface area contributed by atoms with Crippen molar-refractivity contribution in [2.24, 2.45) is 5.92 Å². The lowest BCUT2D eigenvalue weighted by Crippen LogP contribution is -2.05. The van der Waals surface area contributed by atoms with Gasteiger partial charge in [0.2, 0.25) is 0 Å². The largest absolute Gasteiger partial charge is 0.383 e. The van der Waals surface area contributed by atoms with Crippen LogP contribution in [0.25, 0.3) is 11.4 Å². The zero-order valence-electron chi connectivity index (χ0n) is 11.1. The van der Waals surface area contributed by atoms with Gasteiger partial charge in [0.05, 0.1) is 10.2 Å². The number of nitrogens with zero attached hydrogens (tertiary/aromatic N) is 2. The Morgan fingerprint density at radius 1 is 1.20 bits per heavy atom. The van der Waals surface area contributed by atoms with E-state index in [0.29, 0.717) is 32.1 Å². The van der Waals surface area contributed by atoms with Gasteiger partial charge in [-0.05, 0) is 46.5 Å². The van der Waals surface area contributed by atoms with Gasteiger partial charge < -0.3 is 5.73 Å². The number of rotatable bonds is 3. The quantitative estimate of drug-likeness (QED) is 0.816. The molecule has 0 spiro atoms. The molecular formula is C14H14Br2FN3. The molecule has 0 saturated heterocycles. The minimum absolute atomic E-state index is 0.343. The van der Waals surface area contributed by atoms with Crippen molar-refractivity contribution in [3.8, 4) is 11.4 Å². The Labute approximate surface area is 134 Å². The SMILES string of the molecule is CC(C)Cc1nc(-c2cc(F)cc(Br)c2)nc(N)c1Br. The highest BCUT2D eigenvalue weighted by atomic mass is 79.9. The van der Waals surface area contributed by atoms with Crippen LogP contribution in [0.3, 0.4) is 0 Å². The molecule has 6 heteroatoms. The molecule has 2 aromatic rings. The lowest BCUT2D eigenvalue weighted by atomic mass is 10.1. The van der Waals surface area contributed by atoms with Crippen LogP contribution in [0.1, 0.15) is 19.5 Å². The molecule has 3 nitrogen and oxygen atoms in total. The summed E-state index contributed by atoms with van der Waals surface area (Å²) in [6.45, 7) is 4.20. The molecular weight excluding hydrogens is 389 g/mol. The molecule has 106 valence electrons. The Kier molecular flexibility index (Phi) is 4.75. The van der Waals surface area contributed by atoms with E-state index in [1.165, 1.54) is 12.1 Å². The van der Waals surface area contributed by atoms with Crippen LogP contribution < -0.4 is 5.73 Å². The van der Waals surface area contributed by atoms with Gasteiger partial charge in [-0.2, -0.15) is 0 Å². The molecule has 1 aromatic heterocycles. The predicted octanol–water partition coefficient (Wildman–Crippen LogP) is 4.59. The third kappa shape index (κ3) is 3.55. The lowest BCUT2D eigenvalue weighted by molar-refractivity contribution is 0.626. The van der Waals surface area contributed by atoms with E-state index in [1.54, 1.807) is 6.07 Å². The van der Waals surface area contributed by atoms with Crippen LogP contribution in [0.2, 0.25) is 0 Å². The molecule has 0 aliphatic heterocycles. The van der Waals surface area contributed by atoms with Crippen LogP contribution in [0.5, 0.6) is 0 Å². The summed E-state index contributed by atoms with van der Waals surface area (Å²) in [7, 11) is 0. The molecule has 0 aliphatic rings. The molecule has 0 fully saturated rings. The van der Waals surface area contributed by atoms with Crippen molar-refractivity contribution in [3.63, 3.8) is 0 Å². The first-order chi connectivity index (χ1) is 9.36. The Morgan fingerprint density at radius 2 is 1.90 bits per heavy atom. The highest BCUT2D eigenvalue weighted by Crippen LogP contribution is 2.28. The molecule has 1 heterocycles. The molecule has 0 saturated carbocycles. The average molecular weight is 403 g/mol. The van der Waals surface area contributed by atoms with E-state index in [9.17, 15) is 4.39 Å². The van der Waals surface area contributed by atoms with Gasteiger partial charge in [-0.3, -0.25) is 0 Å². The van der Waals surface area contributed by atoms with E-state index < -0.39 is 0 Å². The van der Waals surface area contributed by atoms with Crippen LogP contribution in [-0.4, -0.2) is 9.97 Å². The van der Waals surface area contributed by atoms with E-state index in [4.69, 9.17) is 5.73 Å². The molecule has 2 rings (SSSR count). The number of nitrogen functional groups attached to an aromatic ring is 1. The fourth-order valence-electron chi connectivity index (χ4n) is 1.85. The first-order valence-corrected chi connectivity index (χ1v) is 7.73. The van der Waals surface area contributed by atoms with E-state index in [1.807, 2.05) is 0 Å². The minimum atomic E-state index is -0.343. The minimum Gasteiger partial charge on any atom is -0.383 e. The van der Waals surface area contributed by atoms with E-state index in [-0.39, 0.29) is 5.82 Å². The van der Waals surface area contributed by atoms with E-state index in [0.717, 1.165) is 12.1 Å². The maximum Gasteiger partial charge on any atom is 0.161 e. The number of aromatic nitrogens is 2. The molecule has 0 amide bonds. The van der Waals surface area contributed by atoms with Gasteiger partial charge in [-0.15, -0.1) is 0 Å². The van der Waals surface area contributed by atoms with Crippen LogP contribution in [0.4, 0.5) is 10.2 Å². The summed E-state index contributed by atoms with van der Waals surface area (Å²) in [6, 6.07) is 4.55. The molecule has 0 unspecified atom stereocenters. The number of nitrogens with two attached hydrogens (primary N) is 1. The highest BCUT2D eigenvalue weighted by molar-refractivity contribution is 9.11. The summed E-state index contributed by atoms with van der Waals surface area (Å²) in [5.41, 5.74) is 7.34. The number of benzene rings is 1. The molecule has 20 heavy (non-hydrogen) atoms. The van der Waals surface area contributed by atoms with Gasteiger partial charge in [0, 0.05) is 10.0 Å². The van der Waals surface area contributed by atoms with Crippen molar-refractivity contribution in [3.05, 3.63) is 38.7 Å². The van der Waals surface area contributed by atoms with Crippen molar-refractivity contribution in [1.29, 1.82) is 0 Å². The summed E-state index contributed by atoms with van der Waals surface area (Å²) in [4.78, 5) is 8.73. The zero-order valence-corrected chi connectivity index (χ0v) is 14.3. The third-order valence-electron chi connectivity index (χ3n) is 2.67. The second-order valence-electron chi connectivity index (χ2n) is 4.95. The summed E-state index contributed by atoms with van der Waals surface area (Å²) >= 11 is 6.68. The topological polar surface area (TPSA) is 51.8 Å². The monoisotopic (exact) mass is 401 g/mol. The molecule has 0 aliphatic carbocycles. The predicted molar refractivity (Wildman–Crippen MR) is 85.8 cm³/mol. The van der Waals surface area contributed by atoms with Crippen LogP contribution >= 0.6 is 31.9 Å². The maximum atomic E-state index is 13.5. The molecule has 0 radical (unpaired) electrons. The van der Waals surface area contributed by atoms with Gasteiger partial charge in [0.15, 0.2) is 5.82 Å². The molecule has 2 N–H and O–H groups in total. The number of halogens is 3. The van der Waals surface area contributed by atoms with Gasteiger partial charge in [0.25, 0.3) is 0 Å².